The molecule has 0 aliphatic heterocycles. The number of quaternary nitrogens is 2. The van der Waals surface area contributed by atoms with Crippen LogP contribution in [-0.4, -0.2) is 100 Å². The first-order valence-electron chi connectivity index (χ1n) is 16.4. The highest BCUT2D eigenvalue weighted by Crippen LogP contribution is 2.74. The van der Waals surface area contributed by atoms with E-state index in [0.29, 0.717) is 6.42 Å². The van der Waals surface area contributed by atoms with E-state index in [-0.39, 0.29) is 19.6 Å². The van der Waals surface area contributed by atoms with Crippen LogP contribution in [-0.2, 0) is 18.2 Å². The normalized spacial score (nSPS) is 14.9. The van der Waals surface area contributed by atoms with Crippen LogP contribution in [0.3, 0.4) is 0 Å². The summed E-state index contributed by atoms with van der Waals surface area (Å²) in [6.07, 6.45) is 18.5. The Kier molecular flexibility index (Phi) is 20.4. The Bertz CT molecular complexity index is 731. The molecular formula is C31H70N2O5P2+2. The molecule has 0 aromatic rings. The Morgan fingerprint density at radius 1 is 0.575 bits per heavy atom. The Hall–Kier alpha value is 0.260. The van der Waals surface area contributed by atoms with E-state index in [2.05, 4.69) is 35.1 Å². The van der Waals surface area contributed by atoms with Crippen LogP contribution in [0.2, 0.25) is 0 Å². The third-order valence-corrected chi connectivity index (χ3v) is 14.7. The van der Waals surface area contributed by atoms with E-state index in [0.717, 1.165) is 35.0 Å². The molecule has 0 bridgehead atoms. The number of hydrogen-bond donors (Lipinski definition) is 1. The summed E-state index contributed by atoms with van der Waals surface area (Å²) in [5.74, 6) is 0. The summed E-state index contributed by atoms with van der Waals surface area (Å²) in [5.41, 5.74) is 0. The van der Waals surface area contributed by atoms with Crippen LogP contribution >= 0.6 is 14.7 Å². The minimum atomic E-state index is -3.93. The van der Waals surface area contributed by atoms with Gasteiger partial charge in [0.15, 0.2) is 0 Å². The lowest BCUT2D eigenvalue weighted by Crippen LogP contribution is -2.46. The van der Waals surface area contributed by atoms with Crippen LogP contribution in [0.4, 0.5) is 0 Å². The molecule has 0 rings (SSSR count). The minimum absolute atomic E-state index is 0.133. The molecule has 0 aromatic heterocycles. The molecule has 0 aromatic carbocycles. The van der Waals surface area contributed by atoms with E-state index >= 15 is 0 Å². The van der Waals surface area contributed by atoms with Crippen molar-refractivity contribution in [2.75, 3.05) is 80.9 Å². The third-order valence-electron chi connectivity index (χ3n) is 8.32. The maximum Gasteiger partial charge on any atom is 0.369 e. The third kappa shape index (κ3) is 16.2. The molecule has 0 saturated heterocycles. The van der Waals surface area contributed by atoms with E-state index in [1.54, 1.807) is 13.8 Å². The quantitative estimate of drug-likeness (QED) is 0.0572. The molecule has 242 valence electrons. The first kappa shape index (κ1) is 40.3. The van der Waals surface area contributed by atoms with Crippen LogP contribution in [0.25, 0.3) is 0 Å². The second-order valence-corrected chi connectivity index (χ2v) is 19.6. The Labute approximate surface area is 249 Å². The predicted octanol–water partition coefficient (Wildman–Crippen LogP) is 8.55. The lowest BCUT2D eigenvalue weighted by Gasteiger charge is -2.38. The molecule has 0 amide bonds. The van der Waals surface area contributed by atoms with Crippen LogP contribution in [0.5, 0.6) is 0 Å². The maximum atomic E-state index is 13.5. The summed E-state index contributed by atoms with van der Waals surface area (Å²) < 4.78 is 39.3. The fourth-order valence-electron chi connectivity index (χ4n) is 5.56. The van der Waals surface area contributed by atoms with Crippen molar-refractivity contribution in [2.24, 2.45) is 0 Å². The Morgan fingerprint density at radius 2 is 0.925 bits per heavy atom. The topological polar surface area (TPSA) is 72.8 Å². The standard InChI is InChI=1S/C31H70N2O5P2/c1-10-13-14-15-16-17-18-19-20-21-22-23-27-32(4,5)29-25-30-33(6,7)28-24-26-31(34,39(8,9)35)40(36,37-11-2)38-12-3/h34H,10-30H2,1-9H3/q+2. The van der Waals surface area contributed by atoms with Crippen LogP contribution in [0.15, 0.2) is 0 Å². The number of aliphatic hydroxyl groups is 1. The molecule has 9 heteroatoms. The van der Waals surface area contributed by atoms with Crippen molar-refractivity contribution in [2.45, 2.75) is 122 Å². The fraction of sp³-hybridized carbons (Fsp3) is 1.00. The molecule has 0 radical (unpaired) electrons. The summed E-state index contributed by atoms with van der Waals surface area (Å²) in [5, 5.41) is 9.47. The van der Waals surface area contributed by atoms with Crippen LogP contribution in [0.1, 0.15) is 117 Å². The van der Waals surface area contributed by atoms with Gasteiger partial charge in [-0.25, -0.2) is 0 Å². The van der Waals surface area contributed by atoms with Gasteiger partial charge < -0.3 is 27.7 Å². The van der Waals surface area contributed by atoms with Crippen molar-refractivity contribution in [3.05, 3.63) is 0 Å². The van der Waals surface area contributed by atoms with E-state index in [1.807, 2.05) is 0 Å². The lowest BCUT2D eigenvalue weighted by atomic mass is 10.1. The molecular weight excluding hydrogens is 542 g/mol. The predicted molar refractivity (Wildman–Crippen MR) is 174 cm³/mol. The summed E-state index contributed by atoms with van der Waals surface area (Å²) in [7, 11) is 1.97. The largest absolute Gasteiger partial charge is 0.371 e. The first-order valence-corrected chi connectivity index (χ1v) is 20.5. The SMILES string of the molecule is CCCCCCCCCCCCCC[N+](C)(C)CCC[N+](C)(C)CCCC(O)(P(C)(C)=O)P(=O)(OCC)OCC. The van der Waals surface area contributed by atoms with Gasteiger partial charge in [-0.05, 0) is 40.0 Å². The van der Waals surface area contributed by atoms with Crippen LogP contribution < -0.4 is 0 Å². The number of nitrogens with zero attached hydrogens (tertiary/aromatic N) is 2. The van der Waals surface area contributed by atoms with Gasteiger partial charge in [-0.1, -0.05) is 71.1 Å². The molecule has 0 aliphatic carbocycles. The van der Waals surface area contributed by atoms with Crippen molar-refractivity contribution < 1.29 is 32.3 Å². The van der Waals surface area contributed by atoms with E-state index in [4.69, 9.17) is 9.05 Å². The average molecular weight is 613 g/mol. The van der Waals surface area contributed by atoms with Crippen molar-refractivity contribution in [1.82, 2.24) is 0 Å². The second-order valence-electron chi connectivity index (χ2n) is 13.6. The van der Waals surface area contributed by atoms with Gasteiger partial charge >= 0.3 is 7.60 Å². The molecule has 1 unspecified atom stereocenters. The molecule has 0 heterocycles. The van der Waals surface area contributed by atoms with Crippen LogP contribution in [0, 0.1) is 0 Å². The summed E-state index contributed by atoms with van der Waals surface area (Å²) in [6, 6.07) is 0. The fourth-order valence-corrected chi connectivity index (χ4v) is 10.6. The zero-order chi connectivity index (χ0) is 30.8. The van der Waals surface area contributed by atoms with Gasteiger partial charge in [0.1, 0.15) is 7.14 Å². The van der Waals surface area contributed by atoms with Gasteiger partial charge in [-0.2, -0.15) is 0 Å². The van der Waals surface area contributed by atoms with Gasteiger partial charge in [0.05, 0.1) is 67.6 Å². The number of hydrogen-bond acceptors (Lipinski definition) is 5. The van der Waals surface area contributed by atoms with Gasteiger partial charge in [0.2, 0.25) is 5.08 Å². The van der Waals surface area contributed by atoms with Gasteiger partial charge in [0, 0.05) is 19.3 Å². The zero-order valence-corrected chi connectivity index (χ0v) is 30.0. The zero-order valence-electron chi connectivity index (χ0n) is 28.2. The highest BCUT2D eigenvalue weighted by molar-refractivity contribution is 7.78. The van der Waals surface area contributed by atoms with Gasteiger partial charge in [0.25, 0.3) is 0 Å². The van der Waals surface area contributed by atoms with E-state index < -0.39 is 19.8 Å². The highest BCUT2D eigenvalue weighted by atomic mass is 31.2. The Balaban J connectivity index is 4.40. The molecule has 7 nitrogen and oxygen atoms in total. The summed E-state index contributed by atoms with van der Waals surface area (Å²) >= 11 is 0. The van der Waals surface area contributed by atoms with Crippen molar-refractivity contribution in [3.8, 4) is 0 Å². The molecule has 0 fully saturated rings. The molecule has 40 heavy (non-hydrogen) atoms. The molecule has 0 aliphatic rings. The maximum absolute atomic E-state index is 13.5. The van der Waals surface area contributed by atoms with E-state index in [9.17, 15) is 14.2 Å². The minimum Gasteiger partial charge on any atom is -0.371 e. The number of unbranched alkanes of at least 4 members (excludes halogenated alkanes) is 11. The van der Waals surface area contributed by atoms with Gasteiger partial charge in [-0.15, -0.1) is 0 Å². The average Bonchev–Trinajstić information content (AvgIpc) is 2.83. The second kappa shape index (κ2) is 20.3. The van der Waals surface area contributed by atoms with E-state index in [1.165, 1.54) is 96.9 Å². The van der Waals surface area contributed by atoms with Crippen molar-refractivity contribution in [3.63, 3.8) is 0 Å². The smallest absolute Gasteiger partial charge is 0.369 e. The van der Waals surface area contributed by atoms with Gasteiger partial charge in [-0.3, -0.25) is 4.57 Å². The lowest BCUT2D eigenvalue weighted by molar-refractivity contribution is -0.909. The van der Waals surface area contributed by atoms with Crippen molar-refractivity contribution in [1.29, 1.82) is 0 Å². The highest BCUT2D eigenvalue weighted by Gasteiger charge is 2.57. The molecule has 0 spiro atoms. The monoisotopic (exact) mass is 612 g/mol. The molecule has 0 saturated carbocycles. The van der Waals surface area contributed by atoms with Crippen molar-refractivity contribution >= 4 is 14.7 Å². The summed E-state index contributed by atoms with van der Waals surface area (Å²) in [6.45, 7) is 13.1. The number of rotatable bonds is 27. The molecule has 1 N–H and O–H groups in total. The molecule has 1 atom stereocenters. The Morgan fingerprint density at radius 3 is 1.30 bits per heavy atom. The first-order chi connectivity index (χ1) is 18.6. The summed E-state index contributed by atoms with van der Waals surface area (Å²) in [4.78, 5) is 0.